The van der Waals surface area contributed by atoms with Crippen LogP contribution in [0.1, 0.15) is 13.0 Å². The van der Waals surface area contributed by atoms with Crippen LogP contribution in [0.2, 0.25) is 0 Å². The van der Waals surface area contributed by atoms with Crippen LogP contribution in [-0.2, 0) is 4.79 Å². The third-order valence-corrected chi connectivity index (χ3v) is 2.06. The molecule has 0 fully saturated rings. The fourth-order valence-electron chi connectivity index (χ4n) is 1.19. The van der Waals surface area contributed by atoms with Crippen molar-refractivity contribution in [2.45, 2.75) is 13.0 Å². The van der Waals surface area contributed by atoms with E-state index in [1.807, 2.05) is 0 Å². The van der Waals surface area contributed by atoms with Crippen LogP contribution in [0.25, 0.3) is 0 Å². The number of anilines is 1. The van der Waals surface area contributed by atoms with E-state index >= 15 is 0 Å². The number of H-pyrrole nitrogens is 1. The zero-order chi connectivity index (χ0) is 10.7. The fourth-order valence-corrected chi connectivity index (χ4v) is 1.19. The van der Waals surface area contributed by atoms with E-state index in [0.29, 0.717) is 5.82 Å². The van der Waals surface area contributed by atoms with Crippen molar-refractivity contribution in [3.8, 4) is 0 Å². The normalized spacial score (nSPS) is 12.3. The standard InChI is InChI=1S/C9H11N5O/c1-7(14-6-2-4-11-14)9(15)12-8-3-5-10-13-8/h2-7H,1H3,(H2,10,12,13,15). The molecular weight excluding hydrogens is 194 g/mol. The van der Waals surface area contributed by atoms with Crippen LogP contribution < -0.4 is 5.32 Å². The molecule has 0 aliphatic heterocycles. The van der Waals surface area contributed by atoms with E-state index in [-0.39, 0.29) is 11.9 Å². The first-order valence-electron chi connectivity index (χ1n) is 4.57. The molecule has 2 heterocycles. The van der Waals surface area contributed by atoms with Gasteiger partial charge in [-0.1, -0.05) is 0 Å². The summed E-state index contributed by atoms with van der Waals surface area (Å²) in [5.74, 6) is 0.446. The number of nitrogens with zero attached hydrogens (tertiary/aromatic N) is 3. The molecule has 6 nitrogen and oxygen atoms in total. The predicted molar refractivity (Wildman–Crippen MR) is 54.2 cm³/mol. The summed E-state index contributed by atoms with van der Waals surface area (Å²) >= 11 is 0. The topological polar surface area (TPSA) is 75.6 Å². The summed E-state index contributed by atoms with van der Waals surface area (Å²) in [6, 6.07) is 3.12. The number of nitrogens with one attached hydrogen (secondary N) is 2. The van der Waals surface area contributed by atoms with Crippen LogP contribution in [0.5, 0.6) is 0 Å². The molecule has 2 aromatic heterocycles. The van der Waals surface area contributed by atoms with Gasteiger partial charge < -0.3 is 5.32 Å². The molecule has 78 valence electrons. The van der Waals surface area contributed by atoms with Crippen molar-refractivity contribution in [1.29, 1.82) is 0 Å². The van der Waals surface area contributed by atoms with E-state index in [1.165, 1.54) is 0 Å². The Morgan fingerprint density at radius 1 is 1.60 bits per heavy atom. The molecular formula is C9H11N5O. The van der Waals surface area contributed by atoms with Crippen molar-refractivity contribution in [2.24, 2.45) is 0 Å². The van der Waals surface area contributed by atoms with Gasteiger partial charge in [0.1, 0.15) is 11.9 Å². The summed E-state index contributed by atoms with van der Waals surface area (Å²) in [4.78, 5) is 11.7. The average Bonchev–Trinajstić information content (AvgIpc) is 2.88. The maximum absolute atomic E-state index is 11.7. The Kier molecular flexibility index (Phi) is 2.49. The zero-order valence-corrected chi connectivity index (χ0v) is 8.21. The summed E-state index contributed by atoms with van der Waals surface area (Å²) in [7, 11) is 0. The van der Waals surface area contributed by atoms with Crippen molar-refractivity contribution in [1.82, 2.24) is 20.0 Å². The molecule has 2 N–H and O–H groups in total. The van der Waals surface area contributed by atoms with E-state index < -0.39 is 0 Å². The Hall–Kier alpha value is -2.11. The predicted octanol–water partition coefficient (Wildman–Crippen LogP) is 0.806. The smallest absolute Gasteiger partial charge is 0.250 e. The molecule has 2 aromatic rings. The van der Waals surface area contributed by atoms with Gasteiger partial charge in [0.2, 0.25) is 5.91 Å². The molecule has 1 amide bonds. The van der Waals surface area contributed by atoms with Gasteiger partial charge >= 0.3 is 0 Å². The summed E-state index contributed by atoms with van der Waals surface area (Å²) < 4.78 is 1.59. The summed E-state index contributed by atoms with van der Waals surface area (Å²) in [5.41, 5.74) is 0. The van der Waals surface area contributed by atoms with Crippen LogP contribution in [-0.4, -0.2) is 25.9 Å². The number of aromatic nitrogens is 4. The molecule has 0 radical (unpaired) electrons. The first kappa shape index (κ1) is 9.45. The molecule has 0 aromatic carbocycles. The van der Waals surface area contributed by atoms with Crippen molar-refractivity contribution < 1.29 is 4.79 Å². The molecule has 6 heteroatoms. The molecule has 0 saturated carbocycles. The third kappa shape index (κ3) is 2.04. The monoisotopic (exact) mass is 205 g/mol. The zero-order valence-electron chi connectivity index (χ0n) is 8.21. The van der Waals surface area contributed by atoms with E-state index in [2.05, 4.69) is 20.6 Å². The summed E-state index contributed by atoms with van der Waals surface area (Å²) in [6.07, 6.45) is 4.96. The lowest BCUT2D eigenvalue weighted by molar-refractivity contribution is -0.119. The van der Waals surface area contributed by atoms with E-state index in [1.54, 1.807) is 42.3 Å². The number of carbonyl (C=O) groups excluding carboxylic acids is 1. The SMILES string of the molecule is CC(C(=O)Nc1ccn[nH]1)n1cccn1. The highest BCUT2D eigenvalue weighted by Crippen LogP contribution is 2.07. The Balaban J connectivity index is 2.03. The Morgan fingerprint density at radius 3 is 3.07 bits per heavy atom. The highest BCUT2D eigenvalue weighted by molar-refractivity contribution is 5.92. The van der Waals surface area contributed by atoms with Crippen LogP contribution in [0, 0.1) is 0 Å². The van der Waals surface area contributed by atoms with Gasteiger partial charge in [-0.2, -0.15) is 10.2 Å². The minimum absolute atomic E-state index is 0.136. The minimum atomic E-state index is -0.344. The molecule has 0 bridgehead atoms. The van der Waals surface area contributed by atoms with Gasteiger partial charge in [0.05, 0.1) is 6.20 Å². The minimum Gasteiger partial charge on any atom is -0.309 e. The molecule has 0 aliphatic carbocycles. The second-order valence-electron chi connectivity index (χ2n) is 3.12. The number of aromatic amines is 1. The second kappa shape index (κ2) is 3.95. The molecule has 0 aliphatic rings. The fraction of sp³-hybridized carbons (Fsp3) is 0.222. The number of hydrogen-bond acceptors (Lipinski definition) is 3. The Labute approximate surface area is 86.3 Å². The third-order valence-electron chi connectivity index (χ3n) is 2.06. The van der Waals surface area contributed by atoms with Crippen molar-refractivity contribution in [2.75, 3.05) is 5.32 Å². The van der Waals surface area contributed by atoms with Gasteiger partial charge in [0.25, 0.3) is 0 Å². The first-order valence-corrected chi connectivity index (χ1v) is 4.57. The number of rotatable bonds is 3. The number of hydrogen-bond donors (Lipinski definition) is 2. The van der Waals surface area contributed by atoms with Crippen molar-refractivity contribution in [3.63, 3.8) is 0 Å². The maximum atomic E-state index is 11.7. The largest absolute Gasteiger partial charge is 0.309 e. The van der Waals surface area contributed by atoms with Gasteiger partial charge in [0, 0.05) is 18.5 Å². The van der Waals surface area contributed by atoms with Crippen molar-refractivity contribution >= 4 is 11.7 Å². The molecule has 2 rings (SSSR count). The first-order chi connectivity index (χ1) is 7.27. The van der Waals surface area contributed by atoms with Gasteiger partial charge in [-0.15, -0.1) is 0 Å². The van der Waals surface area contributed by atoms with E-state index in [4.69, 9.17) is 0 Å². The Bertz CT molecular complexity index is 419. The molecule has 1 atom stereocenters. The molecule has 15 heavy (non-hydrogen) atoms. The maximum Gasteiger partial charge on any atom is 0.250 e. The van der Waals surface area contributed by atoms with Gasteiger partial charge in [-0.25, -0.2) is 0 Å². The van der Waals surface area contributed by atoms with Crippen LogP contribution in [0.4, 0.5) is 5.82 Å². The lowest BCUT2D eigenvalue weighted by Gasteiger charge is -2.10. The van der Waals surface area contributed by atoms with Crippen LogP contribution in [0.15, 0.2) is 30.7 Å². The summed E-state index contributed by atoms with van der Waals surface area (Å²) in [5, 5.41) is 13.1. The highest BCUT2D eigenvalue weighted by atomic mass is 16.2. The van der Waals surface area contributed by atoms with Crippen molar-refractivity contribution in [3.05, 3.63) is 30.7 Å². The van der Waals surface area contributed by atoms with Crippen LogP contribution in [0.3, 0.4) is 0 Å². The van der Waals surface area contributed by atoms with Gasteiger partial charge in [-0.05, 0) is 13.0 Å². The lowest BCUT2D eigenvalue weighted by Crippen LogP contribution is -2.24. The van der Waals surface area contributed by atoms with Gasteiger partial charge in [-0.3, -0.25) is 14.6 Å². The second-order valence-corrected chi connectivity index (χ2v) is 3.12. The summed E-state index contributed by atoms with van der Waals surface area (Å²) in [6.45, 7) is 1.78. The van der Waals surface area contributed by atoms with Gasteiger partial charge in [0.15, 0.2) is 0 Å². The highest BCUT2D eigenvalue weighted by Gasteiger charge is 2.14. The van der Waals surface area contributed by atoms with E-state index in [0.717, 1.165) is 0 Å². The Morgan fingerprint density at radius 2 is 2.47 bits per heavy atom. The molecule has 0 saturated heterocycles. The van der Waals surface area contributed by atoms with Crippen LogP contribution >= 0.6 is 0 Å². The lowest BCUT2D eigenvalue weighted by atomic mass is 10.3. The number of carbonyl (C=O) groups is 1. The number of amides is 1. The van der Waals surface area contributed by atoms with E-state index in [9.17, 15) is 4.79 Å². The molecule has 0 spiro atoms. The average molecular weight is 205 g/mol. The molecule has 1 unspecified atom stereocenters. The quantitative estimate of drug-likeness (QED) is 0.778.